The molecule has 2 aromatic carbocycles. The smallest absolute Gasteiger partial charge is 0.309 e. The molecule has 35 heavy (non-hydrogen) atoms. The van der Waals surface area contributed by atoms with Crippen molar-refractivity contribution in [3.05, 3.63) is 77.3 Å². The highest BCUT2D eigenvalue weighted by Gasteiger charge is 2.32. The van der Waals surface area contributed by atoms with Crippen LogP contribution in [0.2, 0.25) is 0 Å². The molecule has 7 nitrogen and oxygen atoms in total. The molecule has 2 aliphatic rings. The van der Waals surface area contributed by atoms with Crippen LogP contribution in [0.4, 0.5) is 0 Å². The first-order chi connectivity index (χ1) is 17.1. The monoisotopic (exact) mass is 486 g/mol. The highest BCUT2D eigenvalue weighted by Crippen LogP contribution is 2.34. The number of amides is 1. The Kier molecular flexibility index (Phi) is 6.81. The Morgan fingerprint density at radius 2 is 1.77 bits per heavy atom. The second kappa shape index (κ2) is 10.3. The van der Waals surface area contributed by atoms with Gasteiger partial charge in [-0.2, -0.15) is 10.1 Å². The summed E-state index contributed by atoms with van der Waals surface area (Å²) in [7, 11) is 0. The molecule has 1 fully saturated rings. The molecule has 0 unspecified atom stereocenters. The number of carbonyl (C=O) groups excluding carboxylic acids is 2. The number of nitrogens with zero attached hydrogens (tertiary/aromatic N) is 4. The number of benzene rings is 2. The third kappa shape index (κ3) is 5.07. The number of thioether (sulfide) groups is 1. The van der Waals surface area contributed by atoms with Crippen molar-refractivity contribution in [1.29, 1.82) is 0 Å². The number of aromatic nitrogens is 2. The predicted molar refractivity (Wildman–Crippen MR) is 138 cm³/mol. The third-order valence-corrected chi connectivity index (χ3v) is 7.14. The highest BCUT2D eigenvalue weighted by molar-refractivity contribution is 8.18. The highest BCUT2D eigenvalue weighted by atomic mass is 32.2. The molecule has 0 N–H and O–H groups in total. The van der Waals surface area contributed by atoms with Gasteiger partial charge < -0.3 is 9.64 Å². The van der Waals surface area contributed by atoms with Gasteiger partial charge in [0.25, 0.3) is 5.91 Å². The van der Waals surface area contributed by atoms with E-state index in [9.17, 15) is 9.59 Å². The quantitative estimate of drug-likeness (QED) is 0.381. The number of hydrogen-bond donors (Lipinski definition) is 0. The number of hydrogen-bond acceptors (Lipinski definition) is 6. The summed E-state index contributed by atoms with van der Waals surface area (Å²) in [6.45, 7) is 3.58. The van der Waals surface area contributed by atoms with E-state index >= 15 is 0 Å². The third-order valence-electron chi connectivity index (χ3n) is 6.09. The van der Waals surface area contributed by atoms with Crippen molar-refractivity contribution < 1.29 is 14.3 Å². The summed E-state index contributed by atoms with van der Waals surface area (Å²) in [6, 6.07) is 19.8. The molecule has 3 aromatic rings. The van der Waals surface area contributed by atoms with Crippen molar-refractivity contribution in [3.8, 4) is 16.9 Å². The van der Waals surface area contributed by atoms with Crippen molar-refractivity contribution in [2.24, 2.45) is 10.9 Å². The summed E-state index contributed by atoms with van der Waals surface area (Å²) < 4.78 is 6.99. The summed E-state index contributed by atoms with van der Waals surface area (Å²) in [5.74, 6) is -0.459. The zero-order chi connectivity index (χ0) is 24.2. The maximum Gasteiger partial charge on any atom is 0.309 e. The van der Waals surface area contributed by atoms with Gasteiger partial charge in [0, 0.05) is 30.4 Å². The number of likely N-dealkylation sites (tertiary alicyclic amines) is 1. The van der Waals surface area contributed by atoms with E-state index in [2.05, 4.69) is 9.89 Å². The van der Waals surface area contributed by atoms with Crippen LogP contribution in [0.1, 0.15) is 25.3 Å². The number of piperidine rings is 1. The van der Waals surface area contributed by atoms with Crippen LogP contribution in [0.5, 0.6) is 0 Å². The molecule has 0 spiro atoms. The molecule has 1 amide bonds. The fourth-order valence-corrected chi connectivity index (χ4v) is 5.22. The predicted octanol–water partition coefficient (Wildman–Crippen LogP) is 4.78. The van der Waals surface area contributed by atoms with Gasteiger partial charge in [-0.3, -0.25) is 9.59 Å². The van der Waals surface area contributed by atoms with E-state index in [4.69, 9.17) is 9.84 Å². The van der Waals surface area contributed by atoms with E-state index in [-0.39, 0.29) is 17.8 Å². The van der Waals surface area contributed by atoms with E-state index in [1.807, 2.05) is 84.5 Å². The number of rotatable bonds is 5. The average molecular weight is 487 g/mol. The fourth-order valence-electron chi connectivity index (χ4n) is 4.27. The first kappa shape index (κ1) is 23.1. The van der Waals surface area contributed by atoms with E-state index < -0.39 is 0 Å². The Balaban J connectivity index is 1.37. The second-order valence-electron chi connectivity index (χ2n) is 8.40. The lowest BCUT2D eigenvalue weighted by Crippen LogP contribution is -2.39. The molecule has 1 saturated heterocycles. The number of ether oxygens (including phenoxy) is 1. The first-order valence-electron chi connectivity index (χ1n) is 11.8. The van der Waals surface area contributed by atoms with Crippen molar-refractivity contribution in [2.75, 3.05) is 19.7 Å². The van der Waals surface area contributed by atoms with Gasteiger partial charge in [0.2, 0.25) is 0 Å². The number of amidine groups is 1. The number of para-hydroxylation sites is 1. The summed E-state index contributed by atoms with van der Waals surface area (Å²) in [5.41, 5.74) is 3.58. The van der Waals surface area contributed by atoms with Gasteiger partial charge in [-0.15, -0.1) is 0 Å². The van der Waals surface area contributed by atoms with Crippen molar-refractivity contribution >= 4 is 34.9 Å². The molecule has 178 valence electrons. The SMILES string of the molecule is CCOC(=O)C1CCN(C2=NC(=O)/C(=C/c3cn(-c4ccccc4)nc3-c3ccccc3)S2)CC1. The van der Waals surface area contributed by atoms with Gasteiger partial charge in [-0.05, 0) is 49.7 Å². The zero-order valence-electron chi connectivity index (χ0n) is 19.5. The lowest BCUT2D eigenvalue weighted by molar-refractivity contribution is -0.149. The normalized spacial score (nSPS) is 17.6. The number of esters is 1. The molecule has 1 aromatic heterocycles. The van der Waals surface area contributed by atoms with Crippen LogP contribution in [0.25, 0.3) is 23.0 Å². The maximum atomic E-state index is 12.8. The fraction of sp³-hybridized carbons (Fsp3) is 0.259. The Morgan fingerprint density at radius 1 is 1.09 bits per heavy atom. The van der Waals surface area contributed by atoms with Crippen LogP contribution in [-0.2, 0) is 14.3 Å². The van der Waals surface area contributed by atoms with Gasteiger partial charge in [0.05, 0.1) is 28.8 Å². The molecule has 8 heteroatoms. The molecule has 2 aliphatic heterocycles. The lowest BCUT2D eigenvalue weighted by atomic mass is 9.97. The van der Waals surface area contributed by atoms with Crippen LogP contribution >= 0.6 is 11.8 Å². The molecule has 5 rings (SSSR count). The second-order valence-corrected chi connectivity index (χ2v) is 9.41. The minimum absolute atomic E-state index is 0.0822. The van der Waals surface area contributed by atoms with Crippen molar-refractivity contribution in [2.45, 2.75) is 19.8 Å². The van der Waals surface area contributed by atoms with Crippen LogP contribution in [0.3, 0.4) is 0 Å². The molecular weight excluding hydrogens is 460 g/mol. The Bertz CT molecular complexity index is 1280. The largest absolute Gasteiger partial charge is 0.466 e. The summed E-state index contributed by atoms with van der Waals surface area (Å²) in [4.78, 5) is 31.8. The minimum atomic E-state index is -0.246. The van der Waals surface area contributed by atoms with E-state index in [0.29, 0.717) is 42.6 Å². The maximum absolute atomic E-state index is 12.8. The van der Waals surface area contributed by atoms with E-state index in [1.165, 1.54) is 11.8 Å². The van der Waals surface area contributed by atoms with Crippen LogP contribution in [0, 0.1) is 5.92 Å². The molecule has 0 bridgehead atoms. The standard InChI is InChI=1S/C27H26N4O3S/c1-2-34-26(33)20-13-15-30(16-14-20)27-28-25(32)23(35-27)17-21-18-31(22-11-7-4-8-12-22)29-24(21)19-9-5-3-6-10-19/h3-12,17-18,20H,2,13-16H2,1H3/b23-17-. The first-order valence-corrected chi connectivity index (χ1v) is 12.6. The molecule has 0 radical (unpaired) electrons. The van der Waals surface area contributed by atoms with Gasteiger partial charge in [0.1, 0.15) is 0 Å². The molecular formula is C27H26N4O3S. The van der Waals surface area contributed by atoms with Gasteiger partial charge in [0.15, 0.2) is 5.17 Å². The number of aliphatic imine (C=N–C) groups is 1. The van der Waals surface area contributed by atoms with Crippen molar-refractivity contribution in [1.82, 2.24) is 14.7 Å². The van der Waals surface area contributed by atoms with Gasteiger partial charge >= 0.3 is 5.97 Å². The van der Waals surface area contributed by atoms with Crippen molar-refractivity contribution in [3.63, 3.8) is 0 Å². The number of carbonyl (C=O) groups is 2. The lowest BCUT2D eigenvalue weighted by Gasteiger charge is -2.31. The van der Waals surface area contributed by atoms with E-state index in [0.717, 1.165) is 22.5 Å². The zero-order valence-corrected chi connectivity index (χ0v) is 20.3. The van der Waals surface area contributed by atoms with Crippen LogP contribution in [0.15, 0.2) is 76.8 Å². The molecule has 0 saturated carbocycles. The van der Waals surface area contributed by atoms with Gasteiger partial charge in [-0.25, -0.2) is 4.68 Å². The molecule has 0 atom stereocenters. The Hall–Kier alpha value is -3.65. The topological polar surface area (TPSA) is 76.8 Å². The average Bonchev–Trinajstić information content (AvgIpc) is 3.49. The van der Waals surface area contributed by atoms with Crippen LogP contribution < -0.4 is 0 Å². The van der Waals surface area contributed by atoms with Gasteiger partial charge in [-0.1, -0.05) is 48.5 Å². The molecule has 0 aliphatic carbocycles. The minimum Gasteiger partial charge on any atom is -0.466 e. The molecule has 3 heterocycles. The summed E-state index contributed by atoms with van der Waals surface area (Å²) in [5, 5.41) is 5.52. The van der Waals surface area contributed by atoms with Crippen LogP contribution in [-0.4, -0.2) is 51.4 Å². The van der Waals surface area contributed by atoms with E-state index in [1.54, 1.807) is 0 Å². The summed E-state index contributed by atoms with van der Waals surface area (Å²) in [6.07, 6.45) is 5.23. The Labute approximate surface area is 208 Å². The Morgan fingerprint density at radius 3 is 2.46 bits per heavy atom. The summed E-state index contributed by atoms with van der Waals surface area (Å²) >= 11 is 1.38.